The molecule has 3 rings (SSSR count). The monoisotopic (exact) mass is 372 g/mol. The average molecular weight is 372 g/mol. The summed E-state index contributed by atoms with van der Waals surface area (Å²) >= 11 is 0. The largest absolute Gasteiger partial charge is 0.487 e. The van der Waals surface area contributed by atoms with Gasteiger partial charge in [-0.1, -0.05) is 48.5 Å². The molecule has 0 aliphatic rings. The van der Waals surface area contributed by atoms with Gasteiger partial charge in [0.05, 0.1) is 11.6 Å². The quantitative estimate of drug-likeness (QED) is 0.624. The Labute approximate surface area is 162 Å². The van der Waals surface area contributed by atoms with Crippen molar-refractivity contribution < 1.29 is 13.9 Å². The first-order valence-corrected chi connectivity index (χ1v) is 8.60. The van der Waals surface area contributed by atoms with Gasteiger partial charge in [-0.3, -0.25) is 4.79 Å². The second-order valence-electron chi connectivity index (χ2n) is 5.95. The number of hydrogen-bond donors (Lipinski definition) is 1. The highest BCUT2D eigenvalue weighted by molar-refractivity contribution is 6.02. The lowest BCUT2D eigenvalue weighted by Crippen LogP contribution is -2.11. The molecule has 1 N–H and O–H groups in total. The van der Waals surface area contributed by atoms with Crippen LogP contribution < -0.4 is 10.1 Å². The Kier molecular flexibility index (Phi) is 6.17. The van der Waals surface area contributed by atoms with Crippen molar-refractivity contribution in [2.45, 2.75) is 6.61 Å². The molecule has 0 aliphatic heterocycles. The van der Waals surface area contributed by atoms with Crippen LogP contribution in [0.15, 0.2) is 78.9 Å². The van der Waals surface area contributed by atoms with Crippen molar-refractivity contribution in [2.24, 2.45) is 0 Å². The number of anilines is 1. The Balaban J connectivity index is 1.71. The van der Waals surface area contributed by atoms with Gasteiger partial charge >= 0.3 is 0 Å². The summed E-state index contributed by atoms with van der Waals surface area (Å²) in [6.45, 7) is 0.254. The number of hydrogen-bond acceptors (Lipinski definition) is 3. The predicted molar refractivity (Wildman–Crippen MR) is 106 cm³/mol. The number of carbonyl (C=O) groups excluding carboxylic acids is 1. The van der Waals surface area contributed by atoms with Gasteiger partial charge in [0.2, 0.25) is 5.91 Å². The number of amides is 1. The van der Waals surface area contributed by atoms with E-state index in [0.29, 0.717) is 11.1 Å². The third-order valence-corrected chi connectivity index (χ3v) is 3.90. The number of ether oxygens (including phenoxy) is 1. The maximum absolute atomic E-state index is 14.2. The molecule has 138 valence electrons. The lowest BCUT2D eigenvalue weighted by atomic mass is 10.1. The molecular formula is C23H17FN2O2. The lowest BCUT2D eigenvalue weighted by molar-refractivity contribution is -0.111. The minimum atomic E-state index is -0.584. The van der Waals surface area contributed by atoms with Crippen LogP contribution in [0.2, 0.25) is 0 Å². The highest BCUT2D eigenvalue weighted by atomic mass is 19.1. The highest BCUT2D eigenvalue weighted by Crippen LogP contribution is 2.28. The molecule has 5 heteroatoms. The Morgan fingerprint density at radius 1 is 1.07 bits per heavy atom. The molecule has 0 saturated heterocycles. The first-order chi connectivity index (χ1) is 13.7. The minimum Gasteiger partial charge on any atom is -0.487 e. The number of para-hydroxylation sites is 1. The Morgan fingerprint density at radius 3 is 2.64 bits per heavy atom. The van der Waals surface area contributed by atoms with E-state index >= 15 is 0 Å². The summed E-state index contributed by atoms with van der Waals surface area (Å²) in [6, 6.07) is 22.7. The number of nitriles is 1. The normalized spacial score (nSPS) is 10.4. The first-order valence-electron chi connectivity index (χ1n) is 8.60. The molecule has 0 unspecified atom stereocenters. The summed E-state index contributed by atoms with van der Waals surface area (Å²) in [5, 5.41) is 11.4. The van der Waals surface area contributed by atoms with Crippen molar-refractivity contribution in [2.75, 3.05) is 5.32 Å². The van der Waals surface area contributed by atoms with Gasteiger partial charge in [-0.05, 0) is 41.5 Å². The Bertz CT molecular complexity index is 1040. The van der Waals surface area contributed by atoms with Crippen LogP contribution in [0.3, 0.4) is 0 Å². The van der Waals surface area contributed by atoms with Crippen LogP contribution in [0.25, 0.3) is 6.08 Å². The summed E-state index contributed by atoms with van der Waals surface area (Å²) in [7, 11) is 0. The van der Waals surface area contributed by atoms with Gasteiger partial charge in [-0.2, -0.15) is 5.26 Å². The smallest absolute Gasteiger partial charge is 0.248 e. The van der Waals surface area contributed by atoms with Crippen molar-refractivity contribution >= 4 is 17.7 Å². The molecule has 0 aromatic heterocycles. The molecule has 3 aromatic rings. The van der Waals surface area contributed by atoms with Gasteiger partial charge in [0.15, 0.2) is 5.82 Å². The molecule has 0 bridgehead atoms. The van der Waals surface area contributed by atoms with E-state index in [-0.39, 0.29) is 18.0 Å². The second-order valence-corrected chi connectivity index (χ2v) is 5.95. The minimum absolute atomic E-state index is 0.0149. The number of nitrogens with zero attached hydrogens (tertiary/aromatic N) is 1. The van der Waals surface area contributed by atoms with Gasteiger partial charge in [0, 0.05) is 6.08 Å². The van der Waals surface area contributed by atoms with Crippen molar-refractivity contribution in [3.05, 3.63) is 101 Å². The number of halogens is 1. The zero-order valence-electron chi connectivity index (χ0n) is 14.9. The van der Waals surface area contributed by atoms with Crippen LogP contribution >= 0.6 is 0 Å². The third-order valence-electron chi connectivity index (χ3n) is 3.90. The zero-order chi connectivity index (χ0) is 19.8. The van der Waals surface area contributed by atoms with E-state index in [9.17, 15) is 9.18 Å². The summed E-state index contributed by atoms with van der Waals surface area (Å²) in [5.74, 6) is -0.840. The van der Waals surface area contributed by atoms with E-state index < -0.39 is 11.7 Å². The van der Waals surface area contributed by atoms with Crippen LogP contribution in [0.4, 0.5) is 10.1 Å². The summed E-state index contributed by atoms with van der Waals surface area (Å²) < 4.78 is 19.9. The Hall–Kier alpha value is -3.91. The van der Waals surface area contributed by atoms with Crippen molar-refractivity contribution in [1.29, 1.82) is 5.26 Å². The number of carbonyl (C=O) groups is 1. The SMILES string of the molecule is N#Cc1cccc(/C=C\C(=O)Nc2c(F)cccc2OCc2ccccc2)c1. The zero-order valence-corrected chi connectivity index (χ0v) is 14.9. The average Bonchev–Trinajstić information content (AvgIpc) is 2.73. The number of benzene rings is 3. The summed E-state index contributed by atoms with van der Waals surface area (Å²) in [6.07, 6.45) is 2.84. The van der Waals surface area contributed by atoms with Crippen molar-refractivity contribution in [3.8, 4) is 11.8 Å². The number of rotatable bonds is 6. The molecule has 0 saturated carbocycles. The predicted octanol–water partition coefficient (Wildman–Crippen LogP) is 4.93. The fraction of sp³-hybridized carbons (Fsp3) is 0.0435. The molecule has 0 fully saturated rings. The van der Waals surface area contributed by atoms with Crippen molar-refractivity contribution in [3.63, 3.8) is 0 Å². The van der Waals surface area contributed by atoms with Gasteiger partial charge in [0.1, 0.15) is 18.0 Å². The topological polar surface area (TPSA) is 62.1 Å². The summed E-state index contributed by atoms with van der Waals surface area (Å²) in [5.41, 5.74) is 2.11. The molecule has 0 heterocycles. The van der Waals surface area contributed by atoms with Gasteiger partial charge < -0.3 is 10.1 Å². The van der Waals surface area contributed by atoms with Crippen LogP contribution in [0.1, 0.15) is 16.7 Å². The molecule has 0 aliphatic carbocycles. The second kappa shape index (κ2) is 9.15. The molecular weight excluding hydrogens is 355 g/mol. The fourth-order valence-corrected chi connectivity index (χ4v) is 2.53. The Morgan fingerprint density at radius 2 is 1.86 bits per heavy atom. The maximum atomic E-state index is 14.2. The summed E-state index contributed by atoms with van der Waals surface area (Å²) in [4.78, 5) is 12.2. The van der Waals surface area contributed by atoms with Crippen LogP contribution in [0, 0.1) is 17.1 Å². The van der Waals surface area contributed by atoms with E-state index in [1.807, 2.05) is 36.4 Å². The molecule has 0 spiro atoms. The van der Waals surface area contributed by atoms with E-state index in [0.717, 1.165) is 5.56 Å². The van der Waals surface area contributed by atoms with Gasteiger partial charge in [-0.15, -0.1) is 0 Å². The molecule has 4 nitrogen and oxygen atoms in total. The standard InChI is InChI=1S/C23H17FN2O2/c24-20-10-5-11-21(28-16-18-6-2-1-3-7-18)23(20)26-22(27)13-12-17-8-4-9-19(14-17)15-25/h1-14H,16H2,(H,26,27)/b13-12-. The third kappa shape index (κ3) is 5.05. The molecule has 1 amide bonds. The molecule has 28 heavy (non-hydrogen) atoms. The van der Waals surface area contributed by atoms with E-state index in [1.54, 1.807) is 36.4 Å². The van der Waals surface area contributed by atoms with Crippen LogP contribution in [-0.2, 0) is 11.4 Å². The lowest BCUT2D eigenvalue weighted by Gasteiger charge is -2.12. The molecule has 0 atom stereocenters. The molecule has 0 radical (unpaired) electrons. The van der Waals surface area contributed by atoms with Gasteiger partial charge in [-0.25, -0.2) is 4.39 Å². The van der Waals surface area contributed by atoms with E-state index in [2.05, 4.69) is 5.32 Å². The highest BCUT2D eigenvalue weighted by Gasteiger charge is 2.12. The first kappa shape index (κ1) is 18.9. The van der Waals surface area contributed by atoms with Gasteiger partial charge in [0.25, 0.3) is 0 Å². The number of nitrogens with one attached hydrogen (secondary N) is 1. The van der Waals surface area contributed by atoms with E-state index in [1.165, 1.54) is 18.2 Å². The van der Waals surface area contributed by atoms with E-state index in [4.69, 9.17) is 10.00 Å². The van der Waals surface area contributed by atoms with Crippen LogP contribution in [0.5, 0.6) is 5.75 Å². The maximum Gasteiger partial charge on any atom is 0.248 e. The van der Waals surface area contributed by atoms with Crippen LogP contribution in [-0.4, -0.2) is 5.91 Å². The fourth-order valence-electron chi connectivity index (χ4n) is 2.53. The van der Waals surface area contributed by atoms with Crippen molar-refractivity contribution in [1.82, 2.24) is 0 Å². The molecule has 3 aromatic carbocycles.